The highest BCUT2D eigenvalue weighted by atomic mass is 16.3. The summed E-state index contributed by atoms with van der Waals surface area (Å²) in [6.07, 6.45) is 5.50. The molecule has 0 radical (unpaired) electrons. The van der Waals surface area contributed by atoms with Crippen LogP contribution >= 0.6 is 0 Å². The Bertz CT molecular complexity index is 742. The average molecular weight is 383 g/mol. The standard InChI is InChI=1S/C22H29N3O3/c1-2-3-13-23-22(27)25(19-11-12-19)17-21(26)24(16-20-10-7-14-28-20)15-18-8-5-4-6-9-18/h4-10,14,19H,2-3,11-13,15-17H2,1H3,(H,23,27). The Morgan fingerprint density at radius 2 is 1.89 bits per heavy atom. The van der Waals surface area contributed by atoms with E-state index in [1.54, 1.807) is 16.1 Å². The Hall–Kier alpha value is -2.76. The zero-order valence-corrected chi connectivity index (χ0v) is 16.5. The Morgan fingerprint density at radius 1 is 1.11 bits per heavy atom. The van der Waals surface area contributed by atoms with E-state index in [2.05, 4.69) is 12.2 Å². The number of hydrogen-bond donors (Lipinski definition) is 1. The van der Waals surface area contributed by atoms with Gasteiger partial charge < -0.3 is 19.5 Å². The molecule has 1 aromatic heterocycles. The van der Waals surface area contributed by atoms with Crippen molar-refractivity contribution in [2.45, 2.75) is 51.7 Å². The molecule has 28 heavy (non-hydrogen) atoms. The van der Waals surface area contributed by atoms with Crippen molar-refractivity contribution in [1.29, 1.82) is 0 Å². The molecule has 6 nitrogen and oxygen atoms in total. The maximum Gasteiger partial charge on any atom is 0.318 e. The molecule has 1 fully saturated rings. The highest BCUT2D eigenvalue weighted by Crippen LogP contribution is 2.27. The van der Waals surface area contributed by atoms with Crippen molar-refractivity contribution in [1.82, 2.24) is 15.1 Å². The van der Waals surface area contributed by atoms with Crippen molar-refractivity contribution >= 4 is 11.9 Å². The minimum absolute atomic E-state index is 0.0715. The molecule has 150 valence electrons. The summed E-state index contributed by atoms with van der Waals surface area (Å²) in [5.41, 5.74) is 1.05. The van der Waals surface area contributed by atoms with Gasteiger partial charge in [0.25, 0.3) is 0 Å². The van der Waals surface area contributed by atoms with Gasteiger partial charge in [-0.3, -0.25) is 4.79 Å². The van der Waals surface area contributed by atoms with E-state index in [0.29, 0.717) is 19.6 Å². The zero-order valence-electron chi connectivity index (χ0n) is 16.5. The second-order valence-corrected chi connectivity index (χ2v) is 7.26. The van der Waals surface area contributed by atoms with Gasteiger partial charge in [0, 0.05) is 19.1 Å². The molecule has 1 heterocycles. The monoisotopic (exact) mass is 383 g/mol. The zero-order chi connectivity index (χ0) is 19.8. The van der Waals surface area contributed by atoms with Gasteiger partial charge in [0.2, 0.25) is 5.91 Å². The smallest absolute Gasteiger partial charge is 0.318 e. The first-order chi connectivity index (χ1) is 13.7. The number of amides is 3. The number of urea groups is 1. The summed E-state index contributed by atoms with van der Waals surface area (Å²) in [4.78, 5) is 29.1. The second-order valence-electron chi connectivity index (χ2n) is 7.26. The molecule has 1 aliphatic rings. The van der Waals surface area contributed by atoms with Gasteiger partial charge in [0.1, 0.15) is 12.3 Å². The first-order valence-electron chi connectivity index (χ1n) is 10.1. The molecular formula is C22H29N3O3. The molecule has 0 bridgehead atoms. The first kappa shape index (κ1) is 20.0. The average Bonchev–Trinajstić information content (AvgIpc) is 3.42. The summed E-state index contributed by atoms with van der Waals surface area (Å²) in [6, 6.07) is 13.6. The Balaban J connectivity index is 1.67. The van der Waals surface area contributed by atoms with Crippen LogP contribution in [0.25, 0.3) is 0 Å². The number of furan rings is 1. The van der Waals surface area contributed by atoms with E-state index in [1.807, 2.05) is 42.5 Å². The third-order valence-corrected chi connectivity index (χ3v) is 4.86. The molecule has 3 rings (SSSR count). The minimum atomic E-state index is -0.137. The molecule has 1 N–H and O–H groups in total. The third-order valence-electron chi connectivity index (χ3n) is 4.86. The predicted octanol–water partition coefficient (Wildman–Crippen LogP) is 3.78. The topological polar surface area (TPSA) is 65.8 Å². The number of carbonyl (C=O) groups is 2. The van der Waals surface area contributed by atoms with Crippen LogP contribution in [0.3, 0.4) is 0 Å². The number of benzene rings is 1. The molecule has 3 amide bonds. The molecule has 6 heteroatoms. The molecule has 1 aromatic carbocycles. The molecule has 1 saturated carbocycles. The fourth-order valence-electron chi connectivity index (χ4n) is 3.10. The van der Waals surface area contributed by atoms with Crippen LogP contribution in [-0.4, -0.2) is 40.9 Å². The van der Waals surface area contributed by atoms with Gasteiger partial charge in [0.15, 0.2) is 0 Å². The van der Waals surface area contributed by atoms with Gasteiger partial charge >= 0.3 is 6.03 Å². The summed E-state index contributed by atoms with van der Waals surface area (Å²) in [6.45, 7) is 3.69. The van der Waals surface area contributed by atoms with Crippen LogP contribution in [0.4, 0.5) is 4.79 Å². The van der Waals surface area contributed by atoms with Crippen molar-refractivity contribution in [3.8, 4) is 0 Å². The van der Waals surface area contributed by atoms with Crippen molar-refractivity contribution < 1.29 is 14.0 Å². The van der Waals surface area contributed by atoms with Crippen LogP contribution in [0.5, 0.6) is 0 Å². The molecular weight excluding hydrogens is 354 g/mol. The predicted molar refractivity (Wildman–Crippen MR) is 107 cm³/mol. The molecule has 2 aromatic rings. The van der Waals surface area contributed by atoms with Crippen molar-refractivity contribution in [3.05, 3.63) is 60.1 Å². The van der Waals surface area contributed by atoms with Crippen LogP contribution in [0, 0.1) is 0 Å². The summed E-state index contributed by atoms with van der Waals surface area (Å²) in [5, 5.41) is 2.94. The van der Waals surface area contributed by atoms with Crippen LogP contribution in [0.15, 0.2) is 53.1 Å². The van der Waals surface area contributed by atoms with Crippen molar-refractivity contribution in [2.75, 3.05) is 13.1 Å². The Morgan fingerprint density at radius 3 is 2.54 bits per heavy atom. The molecule has 0 atom stereocenters. The normalized spacial score (nSPS) is 13.2. The maximum absolute atomic E-state index is 13.1. The van der Waals surface area contributed by atoms with Gasteiger partial charge in [-0.1, -0.05) is 43.7 Å². The number of rotatable bonds is 10. The molecule has 0 unspecified atom stereocenters. The summed E-state index contributed by atoms with van der Waals surface area (Å²) >= 11 is 0. The number of nitrogens with one attached hydrogen (secondary N) is 1. The fraction of sp³-hybridized carbons (Fsp3) is 0.455. The second kappa shape index (κ2) is 9.97. The minimum Gasteiger partial charge on any atom is -0.467 e. The lowest BCUT2D eigenvalue weighted by atomic mass is 10.2. The SMILES string of the molecule is CCCCNC(=O)N(CC(=O)N(Cc1ccccc1)Cc1ccco1)C1CC1. The van der Waals surface area contributed by atoms with E-state index in [4.69, 9.17) is 4.42 Å². The van der Waals surface area contributed by atoms with Crippen LogP contribution < -0.4 is 5.32 Å². The van der Waals surface area contributed by atoms with Gasteiger partial charge in [-0.25, -0.2) is 4.79 Å². The summed E-state index contributed by atoms with van der Waals surface area (Å²) < 4.78 is 5.44. The number of unbranched alkanes of at least 4 members (excludes halogenated alkanes) is 1. The summed E-state index contributed by atoms with van der Waals surface area (Å²) in [5.74, 6) is 0.660. The van der Waals surface area contributed by atoms with Gasteiger partial charge in [-0.15, -0.1) is 0 Å². The number of carbonyl (C=O) groups excluding carboxylic acids is 2. The lowest BCUT2D eigenvalue weighted by Gasteiger charge is -2.27. The van der Waals surface area contributed by atoms with Crippen molar-refractivity contribution in [3.63, 3.8) is 0 Å². The van der Waals surface area contributed by atoms with Gasteiger partial charge in [-0.2, -0.15) is 0 Å². The quantitative estimate of drug-likeness (QED) is 0.635. The summed E-state index contributed by atoms with van der Waals surface area (Å²) in [7, 11) is 0. The maximum atomic E-state index is 13.1. The number of nitrogens with zero attached hydrogens (tertiary/aromatic N) is 2. The molecule has 1 aliphatic carbocycles. The Labute approximate surface area is 166 Å². The molecule has 0 saturated heterocycles. The van der Waals surface area contributed by atoms with E-state index in [9.17, 15) is 9.59 Å². The highest BCUT2D eigenvalue weighted by molar-refractivity contribution is 5.84. The molecule has 0 spiro atoms. The lowest BCUT2D eigenvalue weighted by molar-refractivity contribution is -0.133. The third kappa shape index (κ3) is 5.87. The van der Waals surface area contributed by atoms with Gasteiger partial charge in [0.05, 0.1) is 12.8 Å². The highest BCUT2D eigenvalue weighted by Gasteiger charge is 2.34. The van der Waals surface area contributed by atoms with E-state index in [-0.39, 0.29) is 24.5 Å². The van der Waals surface area contributed by atoms with Crippen molar-refractivity contribution in [2.24, 2.45) is 0 Å². The lowest BCUT2D eigenvalue weighted by Crippen LogP contribution is -2.47. The molecule has 0 aliphatic heterocycles. The largest absolute Gasteiger partial charge is 0.467 e. The Kier molecular flexibility index (Phi) is 7.12. The van der Waals surface area contributed by atoms with E-state index < -0.39 is 0 Å². The van der Waals surface area contributed by atoms with E-state index >= 15 is 0 Å². The van der Waals surface area contributed by atoms with Crippen LogP contribution in [-0.2, 0) is 17.9 Å². The van der Waals surface area contributed by atoms with E-state index in [1.165, 1.54) is 0 Å². The van der Waals surface area contributed by atoms with Gasteiger partial charge in [-0.05, 0) is 37.0 Å². The van der Waals surface area contributed by atoms with E-state index in [0.717, 1.165) is 37.0 Å². The first-order valence-corrected chi connectivity index (χ1v) is 10.1. The number of hydrogen-bond acceptors (Lipinski definition) is 3. The van der Waals surface area contributed by atoms with Crippen LogP contribution in [0.2, 0.25) is 0 Å². The fourth-order valence-corrected chi connectivity index (χ4v) is 3.10. The van der Waals surface area contributed by atoms with Crippen LogP contribution in [0.1, 0.15) is 43.9 Å².